The minimum atomic E-state index is -0.513. The Morgan fingerprint density at radius 1 is 1.08 bits per heavy atom. The molecule has 1 aliphatic carbocycles. The number of hydrogen-bond acceptors (Lipinski definition) is 3. The Morgan fingerprint density at radius 3 is 2.42 bits per heavy atom. The molecular weight excluding hydrogens is 302 g/mol. The van der Waals surface area contributed by atoms with Crippen LogP contribution in [0.5, 0.6) is 0 Å². The van der Waals surface area contributed by atoms with Gasteiger partial charge in [-0.25, -0.2) is 4.68 Å². The molecular formula is C19H23N3O2. The van der Waals surface area contributed by atoms with Gasteiger partial charge in [-0.3, -0.25) is 9.59 Å². The molecule has 1 N–H and O–H groups in total. The van der Waals surface area contributed by atoms with Crippen molar-refractivity contribution in [2.45, 2.75) is 52.0 Å². The molecule has 5 nitrogen and oxygen atoms in total. The van der Waals surface area contributed by atoms with Crippen LogP contribution in [0.4, 0.5) is 0 Å². The third kappa shape index (κ3) is 3.25. The second-order valence-corrected chi connectivity index (χ2v) is 6.43. The normalized spacial score (nSPS) is 15.2. The molecule has 0 spiro atoms. The number of rotatable bonds is 4. The lowest BCUT2D eigenvalue weighted by Gasteiger charge is -2.22. The van der Waals surface area contributed by atoms with Crippen molar-refractivity contribution in [3.8, 4) is 5.69 Å². The molecule has 5 heteroatoms. The number of carbonyl (C=O) groups is 2. The van der Waals surface area contributed by atoms with E-state index in [9.17, 15) is 9.59 Å². The predicted molar refractivity (Wildman–Crippen MR) is 92.4 cm³/mol. The summed E-state index contributed by atoms with van der Waals surface area (Å²) in [6.45, 7) is 3.60. The second kappa shape index (κ2) is 6.99. The zero-order chi connectivity index (χ0) is 17.1. The number of aryl methyl sites for hydroxylation is 1. The van der Waals surface area contributed by atoms with Gasteiger partial charge in [0.1, 0.15) is 0 Å². The van der Waals surface area contributed by atoms with Crippen LogP contribution in [0.3, 0.4) is 0 Å². The third-order valence-corrected chi connectivity index (χ3v) is 4.67. The molecule has 0 unspecified atom stereocenters. The van der Waals surface area contributed by atoms with Crippen LogP contribution < -0.4 is 5.32 Å². The summed E-state index contributed by atoms with van der Waals surface area (Å²) in [6, 6.07) is 9.75. The number of hydrogen-bond donors (Lipinski definition) is 1. The molecule has 2 aromatic rings. The predicted octanol–water partition coefficient (Wildman–Crippen LogP) is 3.12. The molecule has 0 aliphatic heterocycles. The van der Waals surface area contributed by atoms with Gasteiger partial charge < -0.3 is 5.32 Å². The van der Waals surface area contributed by atoms with E-state index in [1.165, 1.54) is 6.42 Å². The number of amides is 1. The summed E-state index contributed by atoms with van der Waals surface area (Å²) in [5, 5.41) is 7.34. The molecule has 1 fully saturated rings. The van der Waals surface area contributed by atoms with Crippen LogP contribution in [-0.4, -0.2) is 27.5 Å². The number of ketones is 1. The number of nitrogens with one attached hydrogen (secondary N) is 1. The number of carbonyl (C=O) groups excluding carboxylic acids is 2. The smallest absolute Gasteiger partial charge is 0.292 e. The van der Waals surface area contributed by atoms with Gasteiger partial charge in [-0.2, -0.15) is 5.10 Å². The molecule has 1 heterocycles. The SMILES string of the molecule is Cc1nn(-c2ccccc2)c(C)c1C(=O)C(=O)NC1CCCCC1. The summed E-state index contributed by atoms with van der Waals surface area (Å²) in [5.41, 5.74) is 2.57. The van der Waals surface area contributed by atoms with E-state index in [2.05, 4.69) is 10.4 Å². The molecule has 24 heavy (non-hydrogen) atoms. The Bertz CT molecular complexity index is 743. The zero-order valence-electron chi connectivity index (χ0n) is 14.2. The third-order valence-electron chi connectivity index (χ3n) is 4.67. The molecule has 1 aliphatic rings. The molecule has 0 atom stereocenters. The van der Waals surface area contributed by atoms with Crippen molar-refractivity contribution < 1.29 is 9.59 Å². The van der Waals surface area contributed by atoms with Gasteiger partial charge in [0.2, 0.25) is 0 Å². The first-order valence-corrected chi connectivity index (χ1v) is 8.54. The van der Waals surface area contributed by atoms with E-state index >= 15 is 0 Å². The molecule has 3 rings (SSSR count). The lowest BCUT2D eigenvalue weighted by Crippen LogP contribution is -2.40. The summed E-state index contributed by atoms with van der Waals surface area (Å²) in [4.78, 5) is 25.0. The molecule has 1 aromatic carbocycles. The highest BCUT2D eigenvalue weighted by molar-refractivity contribution is 6.43. The quantitative estimate of drug-likeness (QED) is 0.694. The van der Waals surface area contributed by atoms with Crippen LogP contribution in [0.1, 0.15) is 53.8 Å². The molecule has 0 saturated heterocycles. The summed E-state index contributed by atoms with van der Waals surface area (Å²) in [6.07, 6.45) is 5.36. The van der Waals surface area contributed by atoms with E-state index in [1.54, 1.807) is 11.6 Å². The highest BCUT2D eigenvalue weighted by Gasteiger charge is 2.27. The highest BCUT2D eigenvalue weighted by Crippen LogP contribution is 2.20. The van der Waals surface area contributed by atoms with Gasteiger partial charge in [0.15, 0.2) is 0 Å². The summed E-state index contributed by atoms with van der Waals surface area (Å²) in [5.74, 6) is -1.00. The Kier molecular flexibility index (Phi) is 4.79. The summed E-state index contributed by atoms with van der Waals surface area (Å²) >= 11 is 0. The molecule has 1 saturated carbocycles. The van der Waals surface area contributed by atoms with E-state index in [4.69, 9.17) is 0 Å². The first-order valence-electron chi connectivity index (χ1n) is 8.54. The number of benzene rings is 1. The molecule has 1 aromatic heterocycles. The van der Waals surface area contributed by atoms with E-state index in [0.29, 0.717) is 17.0 Å². The Morgan fingerprint density at radius 2 is 1.75 bits per heavy atom. The van der Waals surface area contributed by atoms with Crippen LogP contribution in [0.15, 0.2) is 30.3 Å². The lowest BCUT2D eigenvalue weighted by atomic mass is 9.95. The first-order chi connectivity index (χ1) is 11.6. The van der Waals surface area contributed by atoms with Crippen molar-refractivity contribution in [3.63, 3.8) is 0 Å². The lowest BCUT2D eigenvalue weighted by molar-refractivity contribution is -0.117. The van der Waals surface area contributed by atoms with Crippen molar-refractivity contribution in [1.82, 2.24) is 15.1 Å². The van der Waals surface area contributed by atoms with Gasteiger partial charge >= 0.3 is 0 Å². The first kappa shape index (κ1) is 16.4. The van der Waals surface area contributed by atoms with E-state index in [1.807, 2.05) is 37.3 Å². The van der Waals surface area contributed by atoms with Gasteiger partial charge in [-0.15, -0.1) is 0 Å². The molecule has 0 bridgehead atoms. The maximum atomic E-state index is 12.6. The van der Waals surface area contributed by atoms with Crippen LogP contribution in [0.2, 0.25) is 0 Å². The maximum absolute atomic E-state index is 12.6. The standard InChI is InChI=1S/C19H23N3O2/c1-13-17(14(2)22(21-13)16-11-7-4-8-12-16)18(23)19(24)20-15-9-5-3-6-10-15/h4,7-8,11-12,15H,3,5-6,9-10H2,1-2H3,(H,20,24). The van der Waals surface area contributed by atoms with Crippen molar-refractivity contribution in [1.29, 1.82) is 0 Å². The molecule has 126 valence electrons. The summed E-state index contributed by atoms with van der Waals surface area (Å²) in [7, 11) is 0. The van der Waals surface area contributed by atoms with Crippen molar-refractivity contribution in [2.75, 3.05) is 0 Å². The minimum absolute atomic E-state index is 0.125. The summed E-state index contributed by atoms with van der Waals surface area (Å²) < 4.78 is 1.72. The Balaban J connectivity index is 1.82. The van der Waals surface area contributed by atoms with Crippen LogP contribution >= 0.6 is 0 Å². The average molecular weight is 325 g/mol. The van der Waals surface area contributed by atoms with Crippen molar-refractivity contribution in [2.24, 2.45) is 0 Å². The van der Waals surface area contributed by atoms with Crippen LogP contribution in [0, 0.1) is 13.8 Å². The zero-order valence-corrected chi connectivity index (χ0v) is 14.2. The topological polar surface area (TPSA) is 64.0 Å². The van der Waals surface area contributed by atoms with E-state index in [-0.39, 0.29) is 6.04 Å². The van der Waals surface area contributed by atoms with Gasteiger partial charge in [0, 0.05) is 6.04 Å². The number of Topliss-reactive ketones (excluding diaryl/α,β-unsaturated/α-hetero) is 1. The van der Waals surface area contributed by atoms with Crippen LogP contribution in [0.25, 0.3) is 5.69 Å². The second-order valence-electron chi connectivity index (χ2n) is 6.43. The minimum Gasteiger partial charge on any atom is -0.346 e. The van der Waals surface area contributed by atoms with E-state index < -0.39 is 11.7 Å². The number of nitrogens with zero attached hydrogens (tertiary/aromatic N) is 2. The van der Waals surface area contributed by atoms with Crippen molar-refractivity contribution >= 4 is 11.7 Å². The monoisotopic (exact) mass is 325 g/mol. The van der Waals surface area contributed by atoms with Gasteiger partial charge in [-0.1, -0.05) is 37.5 Å². The van der Waals surface area contributed by atoms with Gasteiger partial charge in [0.25, 0.3) is 11.7 Å². The highest BCUT2D eigenvalue weighted by atomic mass is 16.2. The molecule has 1 amide bonds. The fraction of sp³-hybridized carbons (Fsp3) is 0.421. The van der Waals surface area contributed by atoms with Crippen molar-refractivity contribution in [3.05, 3.63) is 47.3 Å². The molecule has 0 radical (unpaired) electrons. The van der Waals surface area contributed by atoms with Gasteiger partial charge in [-0.05, 0) is 38.8 Å². The maximum Gasteiger partial charge on any atom is 0.292 e. The average Bonchev–Trinajstić information content (AvgIpc) is 2.90. The van der Waals surface area contributed by atoms with Gasteiger partial charge in [0.05, 0.1) is 22.6 Å². The largest absolute Gasteiger partial charge is 0.346 e. The Hall–Kier alpha value is -2.43. The fourth-order valence-corrected chi connectivity index (χ4v) is 3.40. The van der Waals surface area contributed by atoms with E-state index in [0.717, 1.165) is 31.4 Å². The van der Waals surface area contributed by atoms with Crippen LogP contribution in [-0.2, 0) is 4.79 Å². The number of para-hydroxylation sites is 1. The Labute approximate surface area is 142 Å². The fourth-order valence-electron chi connectivity index (χ4n) is 3.40. The number of aromatic nitrogens is 2.